The number of rotatable bonds is 4. The molecule has 2 aromatic heterocycles. The summed E-state index contributed by atoms with van der Waals surface area (Å²) in [6.07, 6.45) is 6.16. The van der Waals surface area contributed by atoms with Gasteiger partial charge in [-0.3, -0.25) is 9.78 Å². The Labute approximate surface area is 146 Å². The molecule has 25 heavy (non-hydrogen) atoms. The zero-order valence-electron chi connectivity index (χ0n) is 13.9. The number of nitrogens with zero attached hydrogens (tertiary/aromatic N) is 4. The maximum Gasteiger partial charge on any atom is 0.225 e. The van der Waals surface area contributed by atoms with Gasteiger partial charge in [-0.05, 0) is 24.6 Å². The number of pyridine rings is 1. The van der Waals surface area contributed by atoms with Gasteiger partial charge >= 0.3 is 0 Å². The zero-order valence-corrected chi connectivity index (χ0v) is 13.9. The third kappa shape index (κ3) is 3.46. The minimum atomic E-state index is -0.131. The van der Waals surface area contributed by atoms with Crippen LogP contribution in [0, 0.1) is 11.8 Å². The molecule has 0 aromatic carbocycles. The lowest BCUT2D eigenvalue weighted by Gasteiger charge is -2.39. The van der Waals surface area contributed by atoms with E-state index in [1.165, 1.54) is 0 Å². The first kappa shape index (κ1) is 16.0. The van der Waals surface area contributed by atoms with Crippen LogP contribution in [0.15, 0.2) is 42.9 Å². The molecule has 0 unspecified atom stereocenters. The van der Waals surface area contributed by atoms with Crippen molar-refractivity contribution in [1.29, 1.82) is 0 Å². The largest absolute Gasteiger partial charge is 0.376 e. The maximum atomic E-state index is 12.8. The van der Waals surface area contributed by atoms with E-state index in [2.05, 4.69) is 25.2 Å². The van der Waals surface area contributed by atoms with Crippen molar-refractivity contribution >= 4 is 11.9 Å². The number of ether oxygens (including phenoxy) is 1. The summed E-state index contributed by atoms with van der Waals surface area (Å²) in [6, 6.07) is 7.49. The van der Waals surface area contributed by atoms with Crippen molar-refractivity contribution in [2.45, 2.75) is 19.1 Å². The average molecular weight is 339 g/mol. The van der Waals surface area contributed by atoms with E-state index in [1.807, 2.05) is 18.2 Å². The van der Waals surface area contributed by atoms with Gasteiger partial charge in [0.25, 0.3) is 0 Å². The molecule has 0 radical (unpaired) electrons. The lowest BCUT2D eigenvalue weighted by Crippen LogP contribution is -2.53. The Kier molecular flexibility index (Phi) is 4.56. The highest BCUT2D eigenvalue weighted by Crippen LogP contribution is 2.34. The molecular formula is C18H21N5O2. The van der Waals surface area contributed by atoms with Gasteiger partial charge in [-0.15, -0.1) is 0 Å². The van der Waals surface area contributed by atoms with Crippen molar-refractivity contribution < 1.29 is 9.53 Å². The predicted molar refractivity (Wildman–Crippen MR) is 91.7 cm³/mol. The molecule has 2 saturated heterocycles. The second kappa shape index (κ2) is 7.14. The molecule has 4 rings (SSSR count). The van der Waals surface area contributed by atoms with Crippen LogP contribution in [0.2, 0.25) is 0 Å². The predicted octanol–water partition coefficient (Wildman–Crippen LogP) is 1.03. The lowest BCUT2D eigenvalue weighted by molar-refractivity contribution is -0.128. The standard InChI is InChI=1S/C18H21N5O2/c24-17(22-10-13-4-1-2-6-19-13)15-11-23(18-20-7-3-8-21-18)12-16-14(15)5-9-25-16/h1-4,6-8,14-16H,5,9-12H2,(H,22,24)/t14-,15+,16+/m0/s1. The summed E-state index contributed by atoms with van der Waals surface area (Å²) in [4.78, 5) is 27.8. The van der Waals surface area contributed by atoms with Crippen LogP contribution in [0.5, 0.6) is 0 Å². The Morgan fingerprint density at radius 2 is 2.00 bits per heavy atom. The molecule has 1 N–H and O–H groups in total. The highest BCUT2D eigenvalue weighted by molar-refractivity contribution is 5.80. The Bertz CT molecular complexity index is 712. The summed E-state index contributed by atoms with van der Waals surface area (Å²) in [6.45, 7) is 2.50. The number of nitrogens with one attached hydrogen (secondary N) is 1. The summed E-state index contributed by atoms with van der Waals surface area (Å²) in [5.74, 6) is 0.822. The Morgan fingerprint density at radius 1 is 1.16 bits per heavy atom. The van der Waals surface area contributed by atoms with Gasteiger partial charge in [0.2, 0.25) is 11.9 Å². The Balaban J connectivity index is 1.47. The third-order valence-corrected chi connectivity index (χ3v) is 4.94. The van der Waals surface area contributed by atoms with E-state index in [-0.39, 0.29) is 23.8 Å². The zero-order chi connectivity index (χ0) is 17.1. The number of carbonyl (C=O) groups is 1. The second-order valence-electron chi connectivity index (χ2n) is 6.46. The number of fused-ring (bicyclic) bond motifs is 1. The SMILES string of the molecule is O=C(NCc1ccccn1)[C@@H]1CN(c2ncccn2)C[C@H]2OCC[C@H]21. The normalized spacial score (nSPS) is 25.4. The van der Waals surface area contributed by atoms with E-state index in [0.29, 0.717) is 25.6 Å². The average Bonchev–Trinajstić information content (AvgIpc) is 3.15. The molecule has 7 nitrogen and oxygen atoms in total. The van der Waals surface area contributed by atoms with Crippen LogP contribution in [0.25, 0.3) is 0 Å². The van der Waals surface area contributed by atoms with Gasteiger partial charge in [0.15, 0.2) is 0 Å². The van der Waals surface area contributed by atoms with Crippen molar-refractivity contribution in [2.75, 3.05) is 24.6 Å². The molecule has 0 spiro atoms. The smallest absolute Gasteiger partial charge is 0.225 e. The van der Waals surface area contributed by atoms with Crippen molar-refractivity contribution in [3.8, 4) is 0 Å². The molecule has 0 bridgehead atoms. The molecule has 1 amide bonds. The van der Waals surface area contributed by atoms with Crippen LogP contribution >= 0.6 is 0 Å². The first-order chi connectivity index (χ1) is 12.3. The Hall–Kier alpha value is -2.54. The van der Waals surface area contributed by atoms with Crippen molar-refractivity contribution in [3.05, 3.63) is 48.5 Å². The number of amides is 1. The quantitative estimate of drug-likeness (QED) is 0.896. The number of anilines is 1. The minimum Gasteiger partial charge on any atom is -0.376 e. The van der Waals surface area contributed by atoms with Gasteiger partial charge in [0.05, 0.1) is 24.3 Å². The topological polar surface area (TPSA) is 80.2 Å². The van der Waals surface area contributed by atoms with Gasteiger partial charge in [-0.25, -0.2) is 9.97 Å². The fourth-order valence-corrected chi connectivity index (χ4v) is 3.68. The van der Waals surface area contributed by atoms with Crippen LogP contribution in [-0.2, 0) is 16.1 Å². The first-order valence-corrected chi connectivity index (χ1v) is 8.62. The number of hydrogen-bond acceptors (Lipinski definition) is 6. The molecule has 2 aliphatic heterocycles. The van der Waals surface area contributed by atoms with E-state index in [0.717, 1.165) is 18.7 Å². The minimum absolute atomic E-state index is 0.0479. The molecule has 2 aromatic rings. The highest BCUT2D eigenvalue weighted by Gasteiger charge is 2.44. The summed E-state index contributed by atoms with van der Waals surface area (Å²) in [7, 11) is 0. The van der Waals surface area contributed by atoms with Crippen LogP contribution in [0.1, 0.15) is 12.1 Å². The summed E-state index contributed by atoms with van der Waals surface area (Å²) < 4.78 is 5.86. The van der Waals surface area contributed by atoms with Crippen molar-refractivity contribution in [3.63, 3.8) is 0 Å². The monoisotopic (exact) mass is 339 g/mol. The molecule has 7 heteroatoms. The third-order valence-electron chi connectivity index (χ3n) is 4.94. The van der Waals surface area contributed by atoms with Gasteiger partial charge in [-0.2, -0.15) is 0 Å². The second-order valence-corrected chi connectivity index (χ2v) is 6.46. The molecule has 2 aliphatic rings. The highest BCUT2D eigenvalue weighted by atomic mass is 16.5. The van der Waals surface area contributed by atoms with Crippen LogP contribution in [0.4, 0.5) is 5.95 Å². The molecule has 2 fully saturated rings. The van der Waals surface area contributed by atoms with Crippen LogP contribution in [-0.4, -0.2) is 46.7 Å². The van der Waals surface area contributed by atoms with E-state index in [1.54, 1.807) is 24.7 Å². The van der Waals surface area contributed by atoms with Gasteiger partial charge in [0, 0.05) is 44.2 Å². The first-order valence-electron chi connectivity index (χ1n) is 8.62. The van der Waals surface area contributed by atoms with Crippen LogP contribution in [0.3, 0.4) is 0 Å². The van der Waals surface area contributed by atoms with E-state index in [4.69, 9.17) is 4.74 Å². The molecule has 130 valence electrons. The molecule has 3 atom stereocenters. The maximum absolute atomic E-state index is 12.8. The summed E-state index contributed by atoms with van der Waals surface area (Å²) >= 11 is 0. The Morgan fingerprint density at radius 3 is 2.80 bits per heavy atom. The van der Waals surface area contributed by atoms with E-state index >= 15 is 0 Å². The van der Waals surface area contributed by atoms with Gasteiger partial charge < -0.3 is 15.0 Å². The molecule has 4 heterocycles. The number of aromatic nitrogens is 3. The lowest BCUT2D eigenvalue weighted by atomic mass is 9.82. The molecule has 0 saturated carbocycles. The van der Waals surface area contributed by atoms with Gasteiger partial charge in [-0.1, -0.05) is 6.07 Å². The summed E-state index contributed by atoms with van der Waals surface area (Å²) in [5, 5.41) is 3.03. The van der Waals surface area contributed by atoms with E-state index in [9.17, 15) is 4.79 Å². The van der Waals surface area contributed by atoms with Crippen LogP contribution < -0.4 is 10.2 Å². The van der Waals surface area contributed by atoms with Crippen molar-refractivity contribution in [2.24, 2.45) is 11.8 Å². The fourth-order valence-electron chi connectivity index (χ4n) is 3.68. The number of piperidine rings is 1. The van der Waals surface area contributed by atoms with Crippen molar-refractivity contribution in [1.82, 2.24) is 20.3 Å². The van der Waals surface area contributed by atoms with Gasteiger partial charge in [0.1, 0.15) is 0 Å². The number of hydrogen-bond donors (Lipinski definition) is 1. The van der Waals surface area contributed by atoms with E-state index < -0.39 is 0 Å². The molecule has 0 aliphatic carbocycles. The molecular weight excluding hydrogens is 318 g/mol. The summed E-state index contributed by atoms with van der Waals surface area (Å²) in [5.41, 5.74) is 0.856. The fraction of sp³-hybridized carbons (Fsp3) is 0.444. The number of carbonyl (C=O) groups excluding carboxylic acids is 1.